The molecule has 0 fully saturated rings. The molecule has 9 N–H and O–H groups in total. The third kappa shape index (κ3) is 12.2. The van der Waals surface area contributed by atoms with Gasteiger partial charge in [0.15, 0.2) is 0 Å². The maximum atomic E-state index is 12.5. The highest BCUT2D eigenvalue weighted by Gasteiger charge is 2.28. The highest BCUT2D eigenvalue weighted by Crippen LogP contribution is 2.06. The van der Waals surface area contributed by atoms with E-state index in [4.69, 9.17) is 16.6 Å². The normalized spacial score (nSPS) is 13.8. The summed E-state index contributed by atoms with van der Waals surface area (Å²) in [5.41, 5.74) is 10.8. The smallest absolute Gasteiger partial charge is 0.326 e. The molecule has 0 aliphatic heterocycles. The average Bonchev–Trinajstić information content (AvgIpc) is 2.59. The predicted octanol–water partition coefficient (Wildman–Crippen LogP) is -1.27. The van der Waals surface area contributed by atoms with Crippen molar-refractivity contribution in [3.8, 4) is 0 Å². The molecule has 3 atom stereocenters. The number of urea groups is 1. The zero-order valence-corrected chi connectivity index (χ0v) is 16.6. The molecule has 0 saturated carbocycles. The van der Waals surface area contributed by atoms with Gasteiger partial charge in [0.05, 0.1) is 6.04 Å². The van der Waals surface area contributed by atoms with Crippen LogP contribution in [0.5, 0.6) is 0 Å². The van der Waals surface area contributed by atoms with Crippen LogP contribution in [0, 0.1) is 5.92 Å². The van der Waals surface area contributed by atoms with E-state index in [9.17, 15) is 29.1 Å². The molecule has 0 unspecified atom stereocenters. The van der Waals surface area contributed by atoms with Crippen molar-refractivity contribution in [2.75, 3.05) is 6.54 Å². The number of nitrogens with two attached hydrogens (primary N) is 2. The fraction of sp³-hybridized carbons (Fsp3) is 0.706. The first-order valence-corrected chi connectivity index (χ1v) is 9.28. The first-order valence-electron chi connectivity index (χ1n) is 9.28. The van der Waals surface area contributed by atoms with Crippen LogP contribution in [0.25, 0.3) is 0 Å². The van der Waals surface area contributed by atoms with Gasteiger partial charge < -0.3 is 37.6 Å². The van der Waals surface area contributed by atoms with Gasteiger partial charge >= 0.3 is 18.0 Å². The molecule has 0 aromatic heterocycles. The monoisotopic (exact) mass is 417 g/mol. The number of carbonyl (C=O) groups is 5. The molecule has 166 valence electrons. The van der Waals surface area contributed by atoms with Gasteiger partial charge in [-0.25, -0.2) is 9.59 Å². The fourth-order valence-electron chi connectivity index (χ4n) is 2.48. The first kappa shape index (κ1) is 26.1. The molecule has 0 saturated heterocycles. The summed E-state index contributed by atoms with van der Waals surface area (Å²) in [4.78, 5) is 57.5. The summed E-state index contributed by atoms with van der Waals surface area (Å²) in [6.45, 7) is 3.91. The van der Waals surface area contributed by atoms with E-state index in [1.807, 2.05) is 13.8 Å². The number of carboxylic acids is 2. The maximum Gasteiger partial charge on any atom is 0.326 e. The molecule has 0 aliphatic rings. The number of hydrogen-bond acceptors (Lipinski definition) is 6. The molecule has 0 radical (unpaired) electrons. The van der Waals surface area contributed by atoms with Gasteiger partial charge in [0.2, 0.25) is 11.8 Å². The Kier molecular flexibility index (Phi) is 12.0. The van der Waals surface area contributed by atoms with Crippen LogP contribution in [0.3, 0.4) is 0 Å². The van der Waals surface area contributed by atoms with Crippen LogP contribution in [-0.2, 0) is 19.2 Å². The van der Waals surface area contributed by atoms with Crippen molar-refractivity contribution in [2.24, 2.45) is 17.4 Å². The van der Waals surface area contributed by atoms with Gasteiger partial charge in [-0.05, 0) is 31.6 Å². The molecular weight excluding hydrogens is 386 g/mol. The lowest BCUT2D eigenvalue weighted by Crippen LogP contribution is -2.54. The summed E-state index contributed by atoms with van der Waals surface area (Å²) in [5, 5.41) is 25.0. The van der Waals surface area contributed by atoms with Crippen molar-refractivity contribution >= 4 is 29.8 Å². The van der Waals surface area contributed by atoms with Gasteiger partial charge in [0, 0.05) is 13.0 Å². The summed E-state index contributed by atoms with van der Waals surface area (Å²) in [6, 6.07) is -4.13. The quantitative estimate of drug-likeness (QED) is 0.169. The van der Waals surface area contributed by atoms with Crippen molar-refractivity contribution in [1.29, 1.82) is 0 Å². The Hall–Kier alpha value is -2.89. The number of aliphatic carboxylic acids is 2. The van der Waals surface area contributed by atoms with E-state index in [0.717, 1.165) is 0 Å². The lowest BCUT2D eigenvalue weighted by atomic mass is 10.0. The summed E-state index contributed by atoms with van der Waals surface area (Å²) in [6.07, 6.45) is -0.0197. The van der Waals surface area contributed by atoms with E-state index < -0.39 is 54.3 Å². The molecule has 12 nitrogen and oxygen atoms in total. The van der Waals surface area contributed by atoms with Crippen molar-refractivity contribution in [3.63, 3.8) is 0 Å². The van der Waals surface area contributed by atoms with Gasteiger partial charge in [0.25, 0.3) is 0 Å². The Morgan fingerprint density at radius 2 is 1.52 bits per heavy atom. The van der Waals surface area contributed by atoms with Gasteiger partial charge in [-0.1, -0.05) is 13.8 Å². The summed E-state index contributed by atoms with van der Waals surface area (Å²) < 4.78 is 0. The van der Waals surface area contributed by atoms with Crippen LogP contribution in [-0.4, -0.2) is 64.7 Å². The van der Waals surface area contributed by atoms with E-state index in [1.165, 1.54) is 0 Å². The number of hydrogen-bond donors (Lipinski definition) is 7. The Morgan fingerprint density at radius 3 is 2.00 bits per heavy atom. The number of carbonyl (C=O) groups excluding carboxylic acids is 3. The summed E-state index contributed by atoms with van der Waals surface area (Å²) in [5.74, 6) is -3.80. The average molecular weight is 417 g/mol. The van der Waals surface area contributed by atoms with Crippen LogP contribution in [0.4, 0.5) is 4.79 Å². The van der Waals surface area contributed by atoms with Crippen LogP contribution in [0.1, 0.15) is 46.0 Å². The molecule has 0 rings (SSSR count). The zero-order chi connectivity index (χ0) is 22.6. The van der Waals surface area contributed by atoms with Crippen molar-refractivity contribution in [2.45, 2.75) is 64.1 Å². The highest BCUT2D eigenvalue weighted by molar-refractivity contribution is 5.91. The molecule has 0 aliphatic carbocycles. The number of amides is 4. The van der Waals surface area contributed by atoms with Crippen molar-refractivity contribution in [3.05, 3.63) is 0 Å². The van der Waals surface area contributed by atoms with Gasteiger partial charge in [0.1, 0.15) is 12.1 Å². The second kappa shape index (κ2) is 13.3. The van der Waals surface area contributed by atoms with Gasteiger partial charge in [-0.15, -0.1) is 0 Å². The minimum atomic E-state index is -1.42. The van der Waals surface area contributed by atoms with Gasteiger partial charge in [-0.3, -0.25) is 14.4 Å². The molecular formula is C17H31N5O7. The molecule has 0 spiro atoms. The molecule has 0 aromatic carbocycles. The molecule has 29 heavy (non-hydrogen) atoms. The Morgan fingerprint density at radius 1 is 0.931 bits per heavy atom. The van der Waals surface area contributed by atoms with Gasteiger partial charge in [-0.2, -0.15) is 0 Å². The van der Waals surface area contributed by atoms with E-state index in [2.05, 4.69) is 16.0 Å². The zero-order valence-electron chi connectivity index (χ0n) is 16.6. The summed E-state index contributed by atoms with van der Waals surface area (Å²) in [7, 11) is 0. The van der Waals surface area contributed by atoms with E-state index in [-0.39, 0.29) is 31.7 Å². The Balaban J connectivity index is 5.09. The second-order valence-corrected chi connectivity index (χ2v) is 7.06. The number of primary amides is 1. The lowest BCUT2D eigenvalue weighted by Gasteiger charge is -2.23. The SMILES string of the molecule is CC(C)C[C@@H](N)C(=O)N[C@@H](CCCNC(N)=O)C(=O)N[C@@H](CCC(=O)O)C(=O)O. The molecule has 12 heteroatoms. The van der Waals surface area contributed by atoms with Crippen LogP contribution < -0.4 is 27.4 Å². The Labute approximate surface area is 168 Å². The minimum absolute atomic E-state index is 0.0809. The number of nitrogens with one attached hydrogen (secondary N) is 3. The van der Waals surface area contributed by atoms with Crippen LogP contribution in [0.2, 0.25) is 0 Å². The summed E-state index contributed by atoms with van der Waals surface area (Å²) >= 11 is 0. The minimum Gasteiger partial charge on any atom is -0.481 e. The van der Waals surface area contributed by atoms with E-state index in [1.54, 1.807) is 0 Å². The highest BCUT2D eigenvalue weighted by atomic mass is 16.4. The maximum absolute atomic E-state index is 12.5. The molecule has 0 bridgehead atoms. The van der Waals surface area contributed by atoms with Crippen molar-refractivity contribution < 1.29 is 34.2 Å². The van der Waals surface area contributed by atoms with E-state index >= 15 is 0 Å². The molecule has 0 heterocycles. The van der Waals surface area contributed by atoms with Crippen molar-refractivity contribution in [1.82, 2.24) is 16.0 Å². The number of rotatable bonds is 14. The topological polar surface area (TPSA) is 214 Å². The number of carboxylic acid groups (broad SMARTS) is 2. The fourth-order valence-corrected chi connectivity index (χ4v) is 2.48. The predicted molar refractivity (Wildman–Crippen MR) is 103 cm³/mol. The largest absolute Gasteiger partial charge is 0.481 e. The lowest BCUT2D eigenvalue weighted by molar-refractivity contribution is -0.143. The van der Waals surface area contributed by atoms with Crippen LogP contribution in [0.15, 0.2) is 0 Å². The molecule has 0 aromatic rings. The third-order valence-corrected chi connectivity index (χ3v) is 3.93. The van der Waals surface area contributed by atoms with Crippen LogP contribution >= 0.6 is 0 Å². The molecule has 4 amide bonds. The van der Waals surface area contributed by atoms with E-state index in [0.29, 0.717) is 6.42 Å². The Bertz CT molecular complexity index is 597. The first-order chi connectivity index (χ1) is 13.4. The third-order valence-electron chi connectivity index (χ3n) is 3.93. The standard InChI is InChI=1S/C17H31N5O7/c1-9(2)8-10(18)14(25)21-11(4-3-7-20-17(19)29)15(26)22-12(16(27)28)5-6-13(23)24/h9-12H,3-8,18H2,1-2H3,(H,21,25)(H,22,26)(H,23,24)(H,27,28)(H3,19,20,29)/t10-,11+,12+/m1/s1. The second-order valence-electron chi connectivity index (χ2n) is 7.06.